The smallest absolute Gasteiger partial charge is 0.315 e. The van der Waals surface area contributed by atoms with Crippen molar-refractivity contribution in [2.75, 3.05) is 6.61 Å². The lowest BCUT2D eigenvalue weighted by Gasteiger charge is -2.21. The Balaban J connectivity index is 1.52. The molecular formula is C15H22N6O2. The predicted molar refractivity (Wildman–Crippen MR) is 83.7 cm³/mol. The van der Waals surface area contributed by atoms with E-state index in [1.165, 1.54) is 0 Å². The van der Waals surface area contributed by atoms with Crippen LogP contribution in [0.5, 0.6) is 0 Å². The molecule has 0 aliphatic carbocycles. The number of carbonyl (C=O) groups is 1. The SMILES string of the molecule is CC(Cn1cccn1)NC(=O)N[C@H]1CCO[C@@H]1c1cnn(C)c1. The van der Waals surface area contributed by atoms with Crippen LogP contribution in [0.2, 0.25) is 0 Å². The maximum atomic E-state index is 12.2. The fourth-order valence-electron chi connectivity index (χ4n) is 2.82. The van der Waals surface area contributed by atoms with Crippen LogP contribution in [0.3, 0.4) is 0 Å². The third-order valence-corrected chi connectivity index (χ3v) is 3.86. The minimum Gasteiger partial charge on any atom is -0.371 e. The summed E-state index contributed by atoms with van der Waals surface area (Å²) >= 11 is 0. The highest BCUT2D eigenvalue weighted by Crippen LogP contribution is 2.28. The Hall–Kier alpha value is -2.35. The Morgan fingerprint density at radius 3 is 3.09 bits per heavy atom. The van der Waals surface area contributed by atoms with E-state index in [-0.39, 0.29) is 24.2 Å². The van der Waals surface area contributed by atoms with Gasteiger partial charge in [0.15, 0.2) is 0 Å². The van der Waals surface area contributed by atoms with Crippen molar-refractivity contribution in [3.8, 4) is 0 Å². The second kappa shape index (κ2) is 6.82. The summed E-state index contributed by atoms with van der Waals surface area (Å²) in [5.74, 6) is 0. The van der Waals surface area contributed by atoms with Crippen LogP contribution in [-0.4, -0.2) is 44.3 Å². The zero-order chi connectivity index (χ0) is 16.2. The number of nitrogens with one attached hydrogen (secondary N) is 2. The minimum absolute atomic E-state index is 0.0194. The molecule has 0 bridgehead atoms. The third-order valence-electron chi connectivity index (χ3n) is 3.86. The minimum atomic E-state index is -0.186. The molecule has 1 saturated heterocycles. The summed E-state index contributed by atoms with van der Waals surface area (Å²) < 4.78 is 9.28. The topological polar surface area (TPSA) is 86.0 Å². The van der Waals surface area contributed by atoms with Gasteiger partial charge >= 0.3 is 6.03 Å². The van der Waals surface area contributed by atoms with Crippen LogP contribution in [0.4, 0.5) is 4.79 Å². The van der Waals surface area contributed by atoms with Crippen molar-refractivity contribution >= 4 is 6.03 Å². The van der Waals surface area contributed by atoms with Crippen LogP contribution in [-0.2, 0) is 18.3 Å². The van der Waals surface area contributed by atoms with E-state index >= 15 is 0 Å². The van der Waals surface area contributed by atoms with Gasteiger partial charge in [-0.05, 0) is 19.4 Å². The molecule has 2 N–H and O–H groups in total. The Kier molecular flexibility index (Phi) is 4.61. The molecule has 3 heterocycles. The second-order valence-corrected chi connectivity index (χ2v) is 5.88. The zero-order valence-electron chi connectivity index (χ0n) is 13.3. The highest BCUT2D eigenvalue weighted by atomic mass is 16.5. The van der Waals surface area contributed by atoms with Gasteiger partial charge in [-0.1, -0.05) is 0 Å². The van der Waals surface area contributed by atoms with Crippen molar-refractivity contribution in [3.63, 3.8) is 0 Å². The molecule has 1 aliphatic rings. The van der Waals surface area contributed by atoms with Gasteiger partial charge in [-0.25, -0.2) is 4.79 Å². The first-order chi connectivity index (χ1) is 11.1. The molecule has 8 nitrogen and oxygen atoms in total. The zero-order valence-corrected chi connectivity index (χ0v) is 13.3. The molecule has 2 aromatic heterocycles. The molecule has 0 spiro atoms. The van der Waals surface area contributed by atoms with Crippen LogP contribution in [0.15, 0.2) is 30.9 Å². The molecule has 2 aromatic rings. The van der Waals surface area contributed by atoms with Gasteiger partial charge in [0.05, 0.1) is 18.8 Å². The van der Waals surface area contributed by atoms with Crippen LogP contribution in [0.25, 0.3) is 0 Å². The van der Waals surface area contributed by atoms with Gasteiger partial charge in [0.25, 0.3) is 0 Å². The molecule has 1 fully saturated rings. The van der Waals surface area contributed by atoms with E-state index in [9.17, 15) is 4.79 Å². The Labute approximate surface area is 134 Å². The maximum Gasteiger partial charge on any atom is 0.315 e. The van der Waals surface area contributed by atoms with Gasteiger partial charge in [0.2, 0.25) is 0 Å². The lowest BCUT2D eigenvalue weighted by atomic mass is 10.1. The fourth-order valence-corrected chi connectivity index (χ4v) is 2.82. The summed E-state index contributed by atoms with van der Waals surface area (Å²) in [7, 11) is 1.87. The van der Waals surface area contributed by atoms with Gasteiger partial charge in [-0.3, -0.25) is 9.36 Å². The van der Waals surface area contributed by atoms with Crippen molar-refractivity contribution in [2.45, 2.75) is 38.1 Å². The quantitative estimate of drug-likeness (QED) is 0.855. The van der Waals surface area contributed by atoms with E-state index in [1.807, 2.05) is 32.4 Å². The molecule has 0 aromatic carbocycles. The normalized spacial score (nSPS) is 22.0. The number of aromatic nitrogens is 4. The largest absolute Gasteiger partial charge is 0.371 e. The number of urea groups is 1. The van der Waals surface area contributed by atoms with E-state index in [2.05, 4.69) is 20.8 Å². The van der Waals surface area contributed by atoms with Gasteiger partial charge in [-0.2, -0.15) is 10.2 Å². The number of nitrogens with zero attached hydrogens (tertiary/aromatic N) is 4. The molecular weight excluding hydrogens is 296 g/mol. The first kappa shape index (κ1) is 15.5. The van der Waals surface area contributed by atoms with Crippen LogP contribution >= 0.6 is 0 Å². The number of aryl methyl sites for hydroxylation is 1. The summed E-state index contributed by atoms with van der Waals surface area (Å²) in [4.78, 5) is 12.2. The van der Waals surface area contributed by atoms with Crippen molar-refractivity contribution in [3.05, 3.63) is 36.4 Å². The van der Waals surface area contributed by atoms with Gasteiger partial charge in [-0.15, -0.1) is 0 Å². The first-order valence-corrected chi connectivity index (χ1v) is 7.76. The van der Waals surface area contributed by atoms with Gasteiger partial charge < -0.3 is 15.4 Å². The third kappa shape index (κ3) is 3.89. The predicted octanol–water partition coefficient (Wildman–Crippen LogP) is 0.834. The lowest BCUT2D eigenvalue weighted by Crippen LogP contribution is -2.47. The molecule has 3 rings (SSSR count). The number of rotatable bonds is 5. The highest BCUT2D eigenvalue weighted by molar-refractivity contribution is 5.74. The van der Waals surface area contributed by atoms with Crippen molar-refractivity contribution < 1.29 is 9.53 Å². The molecule has 8 heteroatoms. The van der Waals surface area contributed by atoms with Crippen LogP contribution in [0, 0.1) is 0 Å². The average molecular weight is 318 g/mol. The Bertz CT molecular complexity index is 638. The van der Waals surface area contributed by atoms with Crippen LogP contribution in [0.1, 0.15) is 25.0 Å². The maximum absolute atomic E-state index is 12.2. The number of carbonyl (C=O) groups excluding carboxylic acids is 1. The molecule has 1 unspecified atom stereocenters. The molecule has 3 atom stereocenters. The first-order valence-electron chi connectivity index (χ1n) is 7.76. The number of hydrogen-bond donors (Lipinski definition) is 2. The van der Waals surface area contributed by atoms with E-state index in [0.717, 1.165) is 12.0 Å². The lowest BCUT2D eigenvalue weighted by molar-refractivity contribution is 0.0997. The summed E-state index contributed by atoms with van der Waals surface area (Å²) in [6.07, 6.45) is 7.95. The van der Waals surface area contributed by atoms with Crippen LogP contribution < -0.4 is 10.6 Å². The standard InChI is InChI=1S/C15H22N6O2/c1-11(9-21-6-3-5-16-21)18-15(22)19-13-4-7-23-14(13)12-8-17-20(2)10-12/h3,5-6,8,10-11,13-14H,4,7,9H2,1-2H3,(H2,18,19,22)/t11?,13-,14+/m0/s1. The van der Waals surface area contributed by atoms with Crippen molar-refractivity contribution in [2.24, 2.45) is 7.05 Å². The van der Waals surface area contributed by atoms with E-state index in [0.29, 0.717) is 13.2 Å². The van der Waals surface area contributed by atoms with Gasteiger partial charge in [0.1, 0.15) is 6.10 Å². The number of ether oxygens (including phenoxy) is 1. The monoisotopic (exact) mass is 318 g/mol. The summed E-state index contributed by atoms with van der Waals surface area (Å²) in [6.45, 7) is 3.21. The number of hydrogen-bond acceptors (Lipinski definition) is 4. The van der Waals surface area contributed by atoms with Gasteiger partial charge in [0, 0.05) is 43.9 Å². The molecule has 124 valence electrons. The van der Waals surface area contributed by atoms with Crippen molar-refractivity contribution in [1.82, 2.24) is 30.2 Å². The average Bonchev–Trinajstić information content (AvgIpc) is 3.20. The van der Waals surface area contributed by atoms with E-state index < -0.39 is 0 Å². The summed E-state index contributed by atoms with van der Waals surface area (Å²) in [5, 5.41) is 14.2. The molecule has 1 aliphatic heterocycles. The second-order valence-electron chi connectivity index (χ2n) is 5.88. The number of amides is 2. The Morgan fingerprint density at radius 2 is 2.39 bits per heavy atom. The molecule has 23 heavy (non-hydrogen) atoms. The highest BCUT2D eigenvalue weighted by Gasteiger charge is 2.32. The van der Waals surface area contributed by atoms with E-state index in [1.54, 1.807) is 21.8 Å². The molecule has 0 radical (unpaired) electrons. The fraction of sp³-hybridized carbons (Fsp3) is 0.533. The summed E-state index contributed by atoms with van der Waals surface area (Å²) in [5.41, 5.74) is 0.986. The Morgan fingerprint density at radius 1 is 1.52 bits per heavy atom. The van der Waals surface area contributed by atoms with E-state index in [4.69, 9.17) is 4.74 Å². The molecule has 2 amide bonds. The van der Waals surface area contributed by atoms with Crippen molar-refractivity contribution in [1.29, 1.82) is 0 Å². The summed E-state index contributed by atoms with van der Waals surface area (Å²) in [6, 6.07) is 1.61. The molecule has 0 saturated carbocycles.